The number of amides is 1. The number of carbonyl (C=O) groups is 1. The van der Waals surface area contributed by atoms with Crippen LogP contribution in [-0.2, 0) is 24.2 Å². The number of nitrogens with zero attached hydrogens (tertiary/aromatic N) is 5. The van der Waals surface area contributed by atoms with Crippen LogP contribution < -0.4 is 5.56 Å². The quantitative estimate of drug-likeness (QED) is 0.459. The Bertz CT molecular complexity index is 1450. The lowest BCUT2D eigenvalue weighted by Crippen LogP contribution is -2.61. The molecular weight excluding hydrogens is 430 g/mol. The summed E-state index contributed by atoms with van der Waals surface area (Å²) in [6.45, 7) is 4.23. The van der Waals surface area contributed by atoms with E-state index in [2.05, 4.69) is 29.2 Å². The van der Waals surface area contributed by atoms with E-state index >= 15 is 0 Å². The molecule has 6 rings (SSSR count). The van der Waals surface area contributed by atoms with Crippen molar-refractivity contribution in [2.45, 2.75) is 25.6 Å². The van der Waals surface area contributed by atoms with Crippen molar-refractivity contribution < 1.29 is 9.53 Å². The Hall–Kier alpha value is -3.49. The number of hydrogen-bond acceptors (Lipinski definition) is 5. The molecule has 1 saturated heterocycles. The first-order valence-corrected chi connectivity index (χ1v) is 11.7. The van der Waals surface area contributed by atoms with E-state index in [9.17, 15) is 9.59 Å². The Morgan fingerprint density at radius 2 is 1.91 bits per heavy atom. The third-order valence-electron chi connectivity index (χ3n) is 7.14. The minimum Gasteiger partial charge on any atom is -0.383 e. The van der Waals surface area contributed by atoms with Crippen molar-refractivity contribution in [1.82, 2.24) is 23.8 Å². The van der Waals surface area contributed by atoms with E-state index in [-0.39, 0.29) is 11.5 Å². The van der Waals surface area contributed by atoms with Crippen LogP contribution in [0.3, 0.4) is 0 Å². The van der Waals surface area contributed by atoms with Gasteiger partial charge in [0.05, 0.1) is 12.0 Å². The van der Waals surface area contributed by atoms with Gasteiger partial charge in [-0.15, -0.1) is 0 Å². The van der Waals surface area contributed by atoms with Gasteiger partial charge in [-0.3, -0.25) is 18.9 Å². The lowest BCUT2D eigenvalue weighted by atomic mass is 9.96. The fourth-order valence-corrected chi connectivity index (χ4v) is 5.18. The first-order chi connectivity index (χ1) is 16.6. The second-order valence-electron chi connectivity index (χ2n) is 9.11. The predicted molar refractivity (Wildman–Crippen MR) is 129 cm³/mol. The van der Waals surface area contributed by atoms with Crippen molar-refractivity contribution in [3.05, 3.63) is 81.9 Å². The first-order valence-electron chi connectivity index (χ1n) is 11.7. The lowest BCUT2D eigenvalue weighted by molar-refractivity contribution is 0.0210. The van der Waals surface area contributed by atoms with Gasteiger partial charge in [0.1, 0.15) is 17.0 Å². The van der Waals surface area contributed by atoms with Gasteiger partial charge in [0.15, 0.2) is 0 Å². The highest BCUT2D eigenvalue weighted by molar-refractivity contribution is 5.98. The number of methoxy groups -OCH3 is 1. The molecular formula is C26H27N5O3. The molecule has 174 valence electrons. The van der Waals surface area contributed by atoms with E-state index in [4.69, 9.17) is 9.72 Å². The van der Waals surface area contributed by atoms with Gasteiger partial charge in [-0.25, -0.2) is 4.98 Å². The maximum Gasteiger partial charge on any atom is 0.270 e. The molecule has 4 aromatic rings. The number of fused-ring (bicyclic) bond motifs is 3. The van der Waals surface area contributed by atoms with Crippen molar-refractivity contribution in [1.29, 1.82) is 0 Å². The van der Waals surface area contributed by atoms with Crippen molar-refractivity contribution in [2.24, 2.45) is 0 Å². The van der Waals surface area contributed by atoms with Crippen LogP contribution in [0.1, 0.15) is 21.6 Å². The third-order valence-corrected chi connectivity index (χ3v) is 7.14. The number of hydrogen-bond donors (Lipinski definition) is 0. The van der Waals surface area contributed by atoms with Gasteiger partial charge in [0.25, 0.3) is 11.5 Å². The van der Waals surface area contributed by atoms with Gasteiger partial charge in [0, 0.05) is 52.1 Å². The van der Waals surface area contributed by atoms with E-state index in [1.54, 1.807) is 31.5 Å². The average Bonchev–Trinajstić information content (AvgIpc) is 3.20. The number of ether oxygens (including phenoxy) is 1. The second kappa shape index (κ2) is 8.38. The molecule has 2 aliphatic rings. The molecule has 0 bridgehead atoms. The molecule has 34 heavy (non-hydrogen) atoms. The first kappa shape index (κ1) is 21.1. The fraction of sp³-hybridized carbons (Fsp3) is 0.346. The molecule has 0 N–H and O–H groups in total. The molecule has 0 saturated carbocycles. The SMILES string of the molecule is COCCn1c(C(=O)N2CC(N3CCc4ccccc4C3)C2)cc2c(=O)n3ccccc3nc21. The van der Waals surface area contributed by atoms with Crippen LogP contribution in [0.5, 0.6) is 0 Å². The topological polar surface area (TPSA) is 72.1 Å². The molecule has 0 radical (unpaired) electrons. The molecule has 0 spiro atoms. The molecule has 1 amide bonds. The summed E-state index contributed by atoms with van der Waals surface area (Å²) in [4.78, 5) is 35.7. The Labute approximate surface area is 197 Å². The Balaban J connectivity index is 1.27. The normalized spacial score (nSPS) is 16.7. The van der Waals surface area contributed by atoms with Crippen LogP contribution in [0.15, 0.2) is 59.5 Å². The minimum absolute atomic E-state index is 0.0591. The highest BCUT2D eigenvalue weighted by atomic mass is 16.5. The van der Waals surface area contributed by atoms with Crippen molar-refractivity contribution >= 4 is 22.6 Å². The zero-order valence-electron chi connectivity index (χ0n) is 19.2. The number of pyridine rings is 1. The highest BCUT2D eigenvalue weighted by Crippen LogP contribution is 2.26. The van der Waals surface area contributed by atoms with Crippen molar-refractivity contribution in [3.63, 3.8) is 0 Å². The van der Waals surface area contributed by atoms with E-state index < -0.39 is 0 Å². The maximum absolute atomic E-state index is 13.5. The van der Waals surface area contributed by atoms with Gasteiger partial charge in [-0.1, -0.05) is 30.3 Å². The molecule has 8 heteroatoms. The zero-order chi connectivity index (χ0) is 23.2. The summed E-state index contributed by atoms with van der Waals surface area (Å²) < 4.78 is 8.63. The molecule has 8 nitrogen and oxygen atoms in total. The van der Waals surface area contributed by atoms with Gasteiger partial charge in [0.2, 0.25) is 0 Å². The monoisotopic (exact) mass is 457 g/mol. The molecule has 0 aliphatic carbocycles. The summed E-state index contributed by atoms with van der Waals surface area (Å²) in [6, 6.07) is 16.1. The zero-order valence-corrected chi connectivity index (χ0v) is 19.2. The molecule has 0 atom stereocenters. The third kappa shape index (κ3) is 3.41. The van der Waals surface area contributed by atoms with Gasteiger partial charge in [-0.2, -0.15) is 0 Å². The van der Waals surface area contributed by atoms with E-state index in [1.165, 1.54) is 15.5 Å². The number of likely N-dealkylation sites (tertiary alicyclic amines) is 1. The summed E-state index contributed by atoms with van der Waals surface area (Å²) in [7, 11) is 1.63. The maximum atomic E-state index is 13.5. The summed E-state index contributed by atoms with van der Waals surface area (Å²) >= 11 is 0. The van der Waals surface area contributed by atoms with Crippen LogP contribution in [0, 0.1) is 0 Å². The van der Waals surface area contributed by atoms with E-state index in [0.717, 1.165) is 19.5 Å². The molecule has 5 heterocycles. The largest absolute Gasteiger partial charge is 0.383 e. The molecule has 1 fully saturated rings. The molecule has 2 aliphatic heterocycles. The average molecular weight is 458 g/mol. The summed E-state index contributed by atoms with van der Waals surface area (Å²) in [5, 5.41) is 0.452. The minimum atomic E-state index is -0.167. The molecule has 0 unspecified atom stereocenters. The predicted octanol–water partition coefficient (Wildman–Crippen LogP) is 2.18. The Kier molecular flexibility index (Phi) is 5.19. The van der Waals surface area contributed by atoms with Crippen LogP contribution in [0.2, 0.25) is 0 Å². The Morgan fingerprint density at radius 1 is 1.12 bits per heavy atom. The van der Waals surface area contributed by atoms with Crippen LogP contribution in [0.25, 0.3) is 16.7 Å². The van der Waals surface area contributed by atoms with Gasteiger partial charge < -0.3 is 14.2 Å². The summed E-state index contributed by atoms with van der Waals surface area (Å²) in [6.07, 6.45) is 2.75. The Morgan fingerprint density at radius 3 is 2.74 bits per heavy atom. The van der Waals surface area contributed by atoms with Crippen molar-refractivity contribution in [2.75, 3.05) is 33.4 Å². The van der Waals surface area contributed by atoms with Crippen LogP contribution >= 0.6 is 0 Å². The fourth-order valence-electron chi connectivity index (χ4n) is 5.18. The van der Waals surface area contributed by atoms with Crippen molar-refractivity contribution in [3.8, 4) is 0 Å². The second-order valence-corrected chi connectivity index (χ2v) is 9.11. The standard InChI is InChI=1S/C26H27N5O3/c1-34-13-12-30-22(14-21-24(30)27-23-8-4-5-10-31(23)25(21)32)26(33)29-16-20(17-29)28-11-9-18-6-2-3-7-19(18)15-28/h2-8,10,14,20H,9,11-13,15-17H2,1H3. The lowest BCUT2D eigenvalue weighted by Gasteiger charge is -2.46. The number of carbonyl (C=O) groups excluding carboxylic acids is 1. The van der Waals surface area contributed by atoms with Crippen LogP contribution in [0.4, 0.5) is 0 Å². The summed E-state index contributed by atoms with van der Waals surface area (Å²) in [5.74, 6) is -0.0591. The highest BCUT2D eigenvalue weighted by Gasteiger charge is 2.37. The van der Waals surface area contributed by atoms with E-state index in [0.29, 0.717) is 54.7 Å². The van der Waals surface area contributed by atoms with Gasteiger partial charge in [-0.05, 0) is 35.7 Å². The van der Waals surface area contributed by atoms with Crippen LogP contribution in [-0.4, -0.2) is 69.1 Å². The van der Waals surface area contributed by atoms with Gasteiger partial charge >= 0.3 is 0 Å². The number of rotatable bonds is 5. The smallest absolute Gasteiger partial charge is 0.270 e. The molecule has 3 aromatic heterocycles. The van der Waals surface area contributed by atoms with E-state index in [1.807, 2.05) is 15.5 Å². The number of benzene rings is 1. The molecule has 1 aromatic carbocycles. The number of aromatic nitrogens is 3. The summed E-state index contributed by atoms with van der Waals surface area (Å²) in [5.41, 5.74) is 4.23.